The van der Waals surface area contributed by atoms with Crippen molar-refractivity contribution >= 4 is 11.6 Å². The van der Waals surface area contributed by atoms with Gasteiger partial charge in [0.15, 0.2) is 11.6 Å². The van der Waals surface area contributed by atoms with E-state index in [1.807, 2.05) is 0 Å². The first-order valence-corrected chi connectivity index (χ1v) is 13.8. The smallest absolute Gasteiger partial charge is 0.255 e. The van der Waals surface area contributed by atoms with Gasteiger partial charge in [0.1, 0.15) is 23.8 Å². The normalized spacial score (nSPS) is 18.2. The van der Waals surface area contributed by atoms with Crippen LogP contribution in [0, 0.1) is 17.5 Å². The minimum Gasteiger partial charge on any atom is -0.488 e. The second kappa shape index (κ2) is 12.2. The minimum atomic E-state index is -0.995. The molecule has 0 aliphatic carbocycles. The largest absolute Gasteiger partial charge is 0.488 e. The van der Waals surface area contributed by atoms with Crippen LogP contribution in [0.2, 0.25) is 0 Å². The van der Waals surface area contributed by atoms with Crippen LogP contribution in [-0.4, -0.2) is 49.3 Å². The molecule has 216 valence electrons. The molecule has 0 unspecified atom stereocenters. The van der Waals surface area contributed by atoms with Gasteiger partial charge in [0.2, 0.25) is 5.88 Å². The van der Waals surface area contributed by atoms with Crippen LogP contribution in [0.25, 0.3) is 22.3 Å². The number of anilines is 1. The standard InChI is InChI=1S/C32H29F3N4O3/c33-22-5-1-19(2-6-22)27-15-23(16-38-32(27)42-25-10-12-37-18-25)39-31(40)21-4-8-30(41-24-9-11-36-17-24)26(13-21)20-3-7-28(34)29(35)14-20/h1-8,13-16,24-25,36-37H,9-12,17-18H2,(H,39,40)/t24-,25-/m0/s1. The van der Waals surface area contributed by atoms with E-state index in [0.717, 1.165) is 38.1 Å². The first-order valence-electron chi connectivity index (χ1n) is 13.8. The summed E-state index contributed by atoms with van der Waals surface area (Å²) in [7, 11) is 0. The van der Waals surface area contributed by atoms with E-state index in [1.54, 1.807) is 36.4 Å². The summed E-state index contributed by atoms with van der Waals surface area (Å²) in [6.07, 6.45) is 3.02. The summed E-state index contributed by atoms with van der Waals surface area (Å²) in [5, 5.41) is 9.35. The predicted molar refractivity (Wildman–Crippen MR) is 153 cm³/mol. The van der Waals surface area contributed by atoms with Gasteiger partial charge in [-0.2, -0.15) is 0 Å². The highest BCUT2D eigenvalue weighted by Crippen LogP contribution is 2.35. The minimum absolute atomic E-state index is 0.0485. The molecule has 10 heteroatoms. The van der Waals surface area contributed by atoms with Crippen LogP contribution in [-0.2, 0) is 0 Å². The highest BCUT2D eigenvalue weighted by atomic mass is 19.2. The van der Waals surface area contributed by atoms with Crippen molar-refractivity contribution in [3.05, 3.63) is 95.9 Å². The molecule has 4 aromatic rings. The summed E-state index contributed by atoms with van der Waals surface area (Å²) >= 11 is 0. The zero-order chi connectivity index (χ0) is 29.1. The number of carbonyl (C=O) groups is 1. The van der Waals surface area contributed by atoms with Crippen molar-refractivity contribution in [2.45, 2.75) is 25.0 Å². The summed E-state index contributed by atoms with van der Waals surface area (Å²) in [5.74, 6) is -1.91. The number of rotatable bonds is 8. The fourth-order valence-corrected chi connectivity index (χ4v) is 5.11. The number of hydrogen-bond acceptors (Lipinski definition) is 6. The zero-order valence-electron chi connectivity index (χ0n) is 22.6. The second-order valence-electron chi connectivity index (χ2n) is 10.3. The average molecular weight is 575 g/mol. The van der Waals surface area contributed by atoms with Gasteiger partial charge >= 0.3 is 0 Å². The Morgan fingerprint density at radius 1 is 0.786 bits per heavy atom. The number of hydrogen-bond donors (Lipinski definition) is 3. The van der Waals surface area contributed by atoms with Gasteiger partial charge in [0, 0.05) is 29.8 Å². The van der Waals surface area contributed by atoms with Crippen molar-refractivity contribution < 1.29 is 27.4 Å². The van der Waals surface area contributed by atoms with Crippen molar-refractivity contribution in [1.82, 2.24) is 15.6 Å². The molecule has 0 bridgehead atoms. The molecule has 2 atom stereocenters. The van der Waals surface area contributed by atoms with Crippen molar-refractivity contribution in [3.63, 3.8) is 0 Å². The lowest BCUT2D eigenvalue weighted by molar-refractivity contribution is 0.102. The molecule has 2 saturated heterocycles. The molecule has 2 aliphatic rings. The molecule has 0 spiro atoms. The van der Waals surface area contributed by atoms with Crippen molar-refractivity contribution in [3.8, 4) is 33.9 Å². The number of nitrogens with one attached hydrogen (secondary N) is 3. The quantitative estimate of drug-likeness (QED) is 0.255. The van der Waals surface area contributed by atoms with Crippen molar-refractivity contribution in [2.75, 3.05) is 31.5 Å². The van der Waals surface area contributed by atoms with E-state index in [9.17, 15) is 18.0 Å². The lowest BCUT2D eigenvalue weighted by Gasteiger charge is -2.18. The Bertz CT molecular complexity index is 1590. The van der Waals surface area contributed by atoms with Gasteiger partial charge < -0.3 is 25.4 Å². The molecule has 6 rings (SSSR count). The number of halogens is 3. The molecule has 3 aromatic carbocycles. The van der Waals surface area contributed by atoms with Gasteiger partial charge in [-0.05, 0) is 85.6 Å². The van der Waals surface area contributed by atoms with Crippen LogP contribution in [0.4, 0.5) is 18.9 Å². The monoisotopic (exact) mass is 574 g/mol. The van der Waals surface area contributed by atoms with Gasteiger partial charge in [-0.15, -0.1) is 0 Å². The molecule has 7 nitrogen and oxygen atoms in total. The molecule has 3 heterocycles. The fraction of sp³-hybridized carbons (Fsp3) is 0.250. The Labute approximate surface area is 241 Å². The highest BCUT2D eigenvalue weighted by molar-refractivity contribution is 6.05. The summed E-state index contributed by atoms with van der Waals surface area (Å²) < 4.78 is 53.8. The summed E-state index contributed by atoms with van der Waals surface area (Å²) in [6, 6.07) is 16.2. The SMILES string of the molecule is O=C(Nc1cnc(O[C@H]2CCNC2)c(-c2ccc(F)cc2)c1)c1ccc(O[C@H]2CCNC2)c(-c2ccc(F)c(F)c2)c1. The Balaban J connectivity index is 1.30. The van der Waals surface area contributed by atoms with E-state index in [0.29, 0.717) is 52.7 Å². The number of aromatic nitrogens is 1. The first-order chi connectivity index (χ1) is 20.4. The van der Waals surface area contributed by atoms with Crippen LogP contribution >= 0.6 is 0 Å². The second-order valence-corrected chi connectivity index (χ2v) is 10.3. The molecule has 2 fully saturated rings. The van der Waals surface area contributed by atoms with Gasteiger partial charge in [-0.3, -0.25) is 4.79 Å². The lowest BCUT2D eigenvalue weighted by atomic mass is 10.0. The van der Waals surface area contributed by atoms with Crippen molar-refractivity contribution in [2.24, 2.45) is 0 Å². The van der Waals surface area contributed by atoms with E-state index in [4.69, 9.17) is 9.47 Å². The Morgan fingerprint density at radius 2 is 1.50 bits per heavy atom. The van der Waals surface area contributed by atoms with Crippen LogP contribution in [0.5, 0.6) is 11.6 Å². The molecule has 42 heavy (non-hydrogen) atoms. The number of nitrogens with zero attached hydrogens (tertiary/aromatic N) is 1. The Morgan fingerprint density at radius 3 is 2.19 bits per heavy atom. The molecule has 3 N–H and O–H groups in total. The molecule has 1 aromatic heterocycles. The van der Waals surface area contributed by atoms with Crippen LogP contribution in [0.3, 0.4) is 0 Å². The topological polar surface area (TPSA) is 84.5 Å². The third-order valence-corrected chi connectivity index (χ3v) is 7.34. The number of amides is 1. The number of carbonyl (C=O) groups excluding carboxylic acids is 1. The van der Waals surface area contributed by atoms with E-state index in [1.165, 1.54) is 24.4 Å². The number of benzene rings is 3. The fourth-order valence-electron chi connectivity index (χ4n) is 5.11. The maximum atomic E-state index is 14.2. The lowest BCUT2D eigenvalue weighted by Crippen LogP contribution is -2.20. The summed E-state index contributed by atoms with van der Waals surface area (Å²) in [6.45, 7) is 3.03. The van der Waals surface area contributed by atoms with E-state index < -0.39 is 17.5 Å². The summed E-state index contributed by atoms with van der Waals surface area (Å²) in [5.41, 5.74) is 2.83. The predicted octanol–water partition coefficient (Wildman–Crippen LogP) is 5.57. The molecular formula is C32H29F3N4O3. The number of ether oxygens (including phenoxy) is 2. The van der Waals surface area contributed by atoms with Crippen LogP contribution in [0.1, 0.15) is 23.2 Å². The molecule has 2 aliphatic heterocycles. The Hall–Kier alpha value is -4.41. The maximum absolute atomic E-state index is 14.2. The molecule has 1 amide bonds. The van der Waals surface area contributed by atoms with Gasteiger partial charge in [-0.25, -0.2) is 18.2 Å². The maximum Gasteiger partial charge on any atom is 0.255 e. The van der Waals surface area contributed by atoms with Gasteiger partial charge in [0.25, 0.3) is 5.91 Å². The molecular weight excluding hydrogens is 545 g/mol. The molecule has 0 saturated carbocycles. The molecule has 0 radical (unpaired) electrons. The highest BCUT2D eigenvalue weighted by Gasteiger charge is 2.22. The Kier molecular flexibility index (Phi) is 8.07. The van der Waals surface area contributed by atoms with Gasteiger partial charge in [-0.1, -0.05) is 18.2 Å². The average Bonchev–Trinajstić information content (AvgIpc) is 3.71. The van der Waals surface area contributed by atoms with E-state index in [2.05, 4.69) is 20.9 Å². The first kappa shape index (κ1) is 27.7. The van der Waals surface area contributed by atoms with Crippen LogP contribution < -0.4 is 25.4 Å². The van der Waals surface area contributed by atoms with E-state index >= 15 is 0 Å². The number of pyridine rings is 1. The summed E-state index contributed by atoms with van der Waals surface area (Å²) in [4.78, 5) is 17.9. The zero-order valence-corrected chi connectivity index (χ0v) is 22.6. The van der Waals surface area contributed by atoms with E-state index in [-0.39, 0.29) is 23.6 Å². The van der Waals surface area contributed by atoms with Crippen molar-refractivity contribution in [1.29, 1.82) is 0 Å². The third kappa shape index (κ3) is 6.24. The third-order valence-electron chi connectivity index (χ3n) is 7.34. The van der Waals surface area contributed by atoms with Gasteiger partial charge in [0.05, 0.1) is 11.9 Å². The van der Waals surface area contributed by atoms with Crippen LogP contribution in [0.15, 0.2) is 72.9 Å².